The summed E-state index contributed by atoms with van der Waals surface area (Å²) in [5.74, 6) is 2.38. The number of aliphatic carboxylic acids is 1. The number of carboxylic acid groups (broad SMARTS) is 1. The summed E-state index contributed by atoms with van der Waals surface area (Å²) in [6.07, 6.45) is 0.768. The van der Waals surface area contributed by atoms with E-state index in [0.717, 1.165) is 56.3 Å². The number of morpholine rings is 1. The van der Waals surface area contributed by atoms with E-state index in [1.807, 2.05) is 24.3 Å². The first-order chi connectivity index (χ1) is 18.0. The molecule has 1 N–H and O–H groups in total. The van der Waals surface area contributed by atoms with Crippen LogP contribution >= 0.6 is 11.8 Å². The Morgan fingerprint density at radius 3 is 2.59 bits per heavy atom. The Labute approximate surface area is 223 Å². The van der Waals surface area contributed by atoms with Crippen LogP contribution in [0, 0.1) is 0 Å². The highest BCUT2D eigenvalue weighted by molar-refractivity contribution is 7.99. The maximum atomic E-state index is 13.1. The van der Waals surface area contributed by atoms with Crippen molar-refractivity contribution in [1.29, 1.82) is 0 Å². The molecule has 2 aromatic rings. The highest BCUT2D eigenvalue weighted by atomic mass is 32.2. The Morgan fingerprint density at radius 1 is 1.11 bits per heavy atom. The van der Waals surface area contributed by atoms with Crippen molar-refractivity contribution in [3.05, 3.63) is 53.6 Å². The Balaban J connectivity index is 1.61. The molecule has 0 amide bonds. The summed E-state index contributed by atoms with van der Waals surface area (Å²) in [4.78, 5) is 17.6. The van der Waals surface area contributed by atoms with Crippen LogP contribution in [0.4, 0.5) is 0 Å². The van der Waals surface area contributed by atoms with E-state index in [1.165, 1.54) is 0 Å². The van der Waals surface area contributed by atoms with Crippen molar-refractivity contribution in [3.63, 3.8) is 0 Å². The van der Waals surface area contributed by atoms with Crippen LogP contribution in [0.2, 0.25) is 0 Å². The Bertz CT molecular complexity index is 1050. The quantitative estimate of drug-likeness (QED) is 0.465. The van der Waals surface area contributed by atoms with E-state index in [-0.39, 0.29) is 6.04 Å². The van der Waals surface area contributed by atoms with E-state index >= 15 is 0 Å². The molecule has 0 aromatic heterocycles. The van der Waals surface area contributed by atoms with E-state index in [1.54, 1.807) is 32.0 Å². The largest absolute Gasteiger partial charge is 0.493 e. The summed E-state index contributed by atoms with van der Waals surface area (Å²) in [5, 5.41) is 10.7. The smallest absolute Gasteiger partial charge is 0.329 e. The van der Waals surface area contributed by atoms with Crippen LogP contribution in [0.1, 0.15) is 30.5 Å². The fourth-order valence-electron chi connectivity index (χ4n) is 5.29. The number of thioether (sulfide) groups is 1. The lowest BCUT2D eigenvalue weighted by atomic mass is 9.85. The Hall–Kier alpha value is -2.46. The molecule has 2 heterocycles. The van der Waals surface area contributed by atoms with Crippen LogP contribution in [0.5, 0.6) is 17.2 Å². The van der Waals surface area contributed by atoms with Gasteiger partial charge in [-0.1, -0.05) is 25.1 Å². The van der Waals surface area contributed by atoms with Crippen LogP contribution < -0.4 is 14.2 Å². The predicted octanol–water partition coefficient (Wildman–Crippen LogP) is 3.89. The van der Waals surface area contributed by atoms with Crippen LogP contribution in [0.25, 0.3) is 0 Å². The van der Waals surface area contributed by atoms with Crippen molar-refractivity contribution < 1.29 is 28.8 Å². The number of hydrogen-bond acceptors (Lipinski definition) is 8. The molecular weight excluding hydrogens is 492 g/mol. The Kier molecular flexibility index (Phi) is 9.59. The highest BCUT2D eigenvalue weighted by Gasteiger charge is 2.50. The molecule has 2 atom stereocenters. The number of carboxylic acids is 1. The van der Waals surface area contributed by atoms with Crippen molar-refractivity contribution in [3.8, 4) is 17.2 Å². The van der Waals surface area contributed by atoms with Gasteiger partial charge in [-0.3, -0.25) is 9.80 Å². The summed E-state index contributed by atoms with van der Waals surface area (Å²) in [6, 6.07) is 13.5. The van der Waals surface area contributed by atoms with Gasteiger partial charge in [-0.05, 0) is 41.8 Å². The minimum absolute atomic E-state index is 0.0899. The monoisotopic (exact) mass is 530 g/mol. The van der Waals surface area contributed by atoms with Gasteiger partial charge in [0.2, 0.25) is 0 Å². The van der Waals surface area contributed by atoms with Gasteiger partial charge in [0.1, 0.15) is 12.4 Å². The van der Waals surface area contributed by atoms with Crippen LogP contribution in [0.3, 0.4) is 0 Å². The molecule has 2 fully saturated rings. The maximum Gasteiger partial charge on any atom is 0.329 e. The fraction of sp³-hybridized carbons (Fsp3) is 0.536. The van der Waals surface area contributed by atoms with Crippen molar-refractivity contribution in [2.45, 2.75) is 24.9 Å². The van der Waals surface area contributed by atoms with E-state index < -0.39 is 11.5 Å². The van der Waals surface area contributed by atoms with Crippen LogP contribution in [-0.2, 0) is 15.1 Å². The molecule has 2 aliphatic heterocycles. The van der Waals surface area contributed by atoms with Crippen LogP contribution in [0.15, 0.2) is 42.5 Å². The molecule has 0 spiro atoms. The number of carbonyl (C=O) groups is 1. The third kappa shape index (κ3) is 6.00. The second kappa shape index (κ2) is 12.9. The molecule has 9 heteroatoms. The number of methoxy groups -OCH3 is 2. The summed E-state index contributed by atoms with van der Waals surface area (Å²) in [6.45, 7) is 7.64. The normalized spacial score (nSPS) is 21.8. The van der Waals surface area contributed by atoms with Gasteiger partial charge >= 0.3 is 5.97 Å². The molecule has 0 aliphatic carbocycles. The topological polar surface area (TPSA) is 80.7 Å². The fourth-order valence-corrected chi connectivity index (χ4v) is 6.52. The van der Waals surface area contributed by atoms with Gasteiger partial charge < -0.3 is 24.1 Å². The van der Waals surface area contributed by atoms with E-state index in [0.29, 0.717) is 36.0 Å². The standard InChI is InChI=1S/C28H38N2O6S/c1-4-24(21-6-5-7-23(18-21)36-16-12-29-10-14-35-15-11-29)30-13-17-37-20-28(30,27(31)32)22-8-9-25(33-2)26(19-22)34-3/h5-9,18-19,24H,4,10-17,20H2,1-3H3,(H,31,32)/t24-,28-/m1/s1. The summed E-state index contributed by atoms with van der Waals surface area (Å²) in [7, 11) is 3.15. The first kappa shape index (κ1) is 27.6. The van der Waals surface area contributed by atoms with Gasteiger partial charge in [-0.25, -0.2) is 4.79 Å². The molecule has 8 nitrogen and oxygen atoms in total. The number of benzene rings is 2. The molecule has 0 bridgehead atoms. The molecule has 0 unspecified atom stereocenters. The molecule has 2 aliphatic rings. The highest BCUT2D eigenvalue weighted by Crippen LogP contribution is 2.45. The first-order valence-electron chi connectivity index (χ1n) is 12.9. The summed E-state index contributed by atoms with van der Waals surface area (Å²) < 4.78 is 22.5. The van der Waals surface area contributed by atoms with Gasteiger partial charge in [-0.2, -0.15) is 11.8 Å². The van der Waals surface area contributed by atoms with Gasteiger partial charge in [0.15, 0.2) is 17.0 Å². The van der Waals surface area contributed by atoms with Gasteiger partial charge in [0, 0.05) is 43.7 Å². The minimum atomic E-state index is -1.20. The lowest BCUT2D eigenvalue weighted by Crippen LogP contribution is -2.58. The number of hydrogen-bond donors (Lipinski definition) is 1. The molecule has 0 saturated carbocycles. The molecule has 2 aromatic carbocycles. The SMILES string of the molecule is CC[C@H](c1cccc(OCCN2CCOCC2)c1)N1CCSC[C@]1(C(=O)O)c1ccc(OC)c(OC)c1. The van der Waals surface area contributed by atoms with Gasteiger partial charge in [-0.15, -0.1) is 0 Å². The third-order valence-electron chi connectivity index (χ3n) is 7.28. The van der Waals surface area contributed by atoms with E-state index in [4.69, 9.17) is 18.9 Å². The average Bonchev–Trinajstić information content (AvgIpc) is 2.94. The number of ether oxygens (including phenoxy) is 4. The zero-order valence-corrected chi connectivity index (χ0v) is 22.8. The van der Waals surface area contributed by atoms with E-state index in [2.05, 4.69) is 28.9 Å². The average molecular weight is 531 g/mol. The Morgan fingerprint density at radius 2 is 1.89 bits per heavy atom. The van der Waals surface area contributed by atoms with Crippen molar-refractivity contribution >= 4 is 17.7 Å². The zero-order chi connectivity index (χ0) is 26.3. The van der Waals surface area contributed by atoms with Crippen molar-refractivity contribution in [1.82, 2.24) is 9.80 Å². The minimum Gasteiger partial charge on any atom is -0.493 e. The van der Waals surface area contributed by atoms with Crippen LogP contribution in [-0.4, -0.2) is 92.6 Å². The van der Waals surface area contributed by atoms with Gasteiger partial charge in [0.25, 0.3) is 0 Å². The number of rotatable bonds is 11. The zero-order valence-electron chi connectivity index (χ0n) is 22.0. The van der Waals surface area contributed by atoms with Crippen molar-refractivity contribution in [2.75, 3.05) is 71.7 Å². The van der Waals surface area contributed by atoms with Gasteiger partial charge in [0.05, 0.1) is 27.4 Å². The maximum absolute atomic E-state index is 13.1. The molecule has 0 radical (unpaired) electrons. The molecule has 202 valence electrons. The van der Waals surface area contributed by atoms with E-state index in [9.17, 15) is 9.90 Å². The third-order valence-corrected chi connectivity index (χ3v) is 8.37. The molecule has 2 saturated heterocycles. The lowest BCUT2D eigenvalue weighted by Gasteiger charge is -2.48. The molecule has 4 rings (SSSR count). The summed E-state index contributed by atoms with van der Waals surface area (Å²) >= 11 is 1.67. The number of nitrogens with zero attached hydrogens (tertiary/aromatic N) is 2. The predicted molar refractivity (Wildman–Crippen MR) is 145 cm³/mol. The van der Waals surface area contributed by atoms with Crippen molar-refractivity contribution in [2.24, 2.45) is 0 Å². The molecular formula is C28H38N2O6S. The second-order valence-electron chi connectivity index (χ2n) is 9.28. The second-order valence-corrected chi connectivity index (χ2v) is 10.4. The lowest BCUT2D eigenvalue weighted by molar-refractivity contribution is -0.153. The molecule has 37 heavy (non-hydrogen) atoms. The first-order valence-corrected chi connectivity index (χ1v) is 14.0. The summed E-state index contributed by atoms with van der Waals surface area (Å²) in [5.41, 5.74) is 0.557.